The van der Waals surface area contributed by atoms with Gasteiger partial charge in [0.05, 0.1) is 20.2 Å². The average molecular weight is 241 g/mol. The van der Waals surface area contributed by atoms with Crippen molar-refractivity contribution < 1.29 is 9.52 Å². The van der Waals surface area contributed by atoms with Crippen LogP contribution in [0.2, 0.25) is 0 Å². The highest BCUT2D eigenvalue weighted by molar-refractivity contribution is 6.08. The van der Waals surface area contributed by atoms with Gasteiger partial charge in [-0.05, 0) is 42.9 Å². The molecule has 2 atom stereocenters. The zero-order chi connectivity index (χ0) is 12.5. The number of hydrogen-bond donors (Lipinski definition) is 2. The summed E-state index contributed by atoms with van der Waals surface area (Å²) in [6.45, 7) is 0. The van der Waals surface area contributed by atoms with Crippen molar-refractivity contribution >= 4 is 18.8 Å². The van der Waals surface area contributed by atoms with Gasteiger partial charge in [0.2, 0.25) is 0 Å². The van der Waals surface area contributed by atoms with Crippen molar-refractivity contribution in [3.8, 4) is 0 Å². The Balaban J connectivity index is 1.86. The molecule has 2 aromatic rings. The van der Waals surface area contributed by atoms with Crippen molar-refractivity contribution in [2.45, 2.75) is 25.0 Å². The highest BCUT2D eigenvalue weighted by atomic mass is 16.3. The van der Waals surface area contributed by atoms with E-state index < -0.39 is 6.10 Å². The molecule has 1 aliphatic rings. The molecule has 2 radical (unpaired) electrons. The quantitative estimate of drug-likeness (QED) is 0.786. The van der Waals surface area contributed by atoms with Crippen LogP contribution in [0.15, 0.2) is 34.9 Å². The van der Waals surface area contributed by atoms with Gasteiger partial charge in [-0.2, -0.15) is 0 Å². The summed E-state index contributed by atoms with van der Waals surface area (Å²) in [6.07, 6.45) is 3.85. The van der Waals surface area contributed by atoms with Crippen LogP contribution in [-0.2, 0) is 0 Å². The van der Waals surface area contributed by atoms with E-state index in [1.165, 1.54) is 0 Å². The third-order valence-corrected chi connectivity index (χ3v) is 3.65. The Kier molecular flexibility index (Phi) is 3.14. The molecule has 92 valence electrons. The van der Waals surface area contributed by atoms with Crippen molar-refractivity contribution in [1.82, 2.24) is 5.32 Å². The lowest BCUT2D eigenvalue weighted by Crippen LogP contribution is -2.37. The van der Waals surface area contributed by atoms with E-state index in [2.05, 4.69) is 5.32 Å². The average Bonchev–Trinajstić information content (AvgIpc) is 3.12. The molecule has 1 aliphatic carbocycles. The molecule has 0 bridgehead atoms. The molecule has 3 rings (SSSR count). The minimum atomic E-state index is -0.532. The molecule has 1 fully saturated rings. The molecule has 1 heterocycles. The maximum absolute atomic E-state index is 10.5. The van der Waals surface area contributed by atoms with Gasteiger partial charge in [0, 0.05) is 11.4 Å². The van der Waals surface area contributed by atoms with Crippen molar-refractivity contribution in [2.24, 2.45) is 5.92 Å². The maximum atomic E-state index is 10.5. The predicted molar refractivity (Wildman–Crippen MR) is 71.4 cm³/mol. The molecule has 0 aliphatic heterocycles. The second-order valence-electron chi connectivity index (χ2n) is 4.93. The highest BCUT2D eigenvalue weighted by Gasteiger charge is 2.35. The molecule has 3 nitrogen and oxygen atoms in total. The van der Waals surface area contributed by atoms with Crippen LogP contribution in [-0.4, -0.2) is 25.4 Å². The smallest absolute Gasteiger partial charge is 0.134 e. The largest absolute Gasteiger partial charge is 0.464 e. The Bertz CT molecular complexity index is 535. The number of hydrogen-bond acceptors (Lipinski definition) is 3. The summed E-state index contributed by atoms with van der Waals surface area (Å²) in [4.78, 5) is 0. The highest BCUT2D eigenvalue weighted by Crippen LogP contribution is 2.38. The van der Waals surface area contributed by atoms with Crippen molar-refractivity contribution in [2.75, 3.05) is 6.44 Å². The summed E-state index contributed by atoms with van der Waals surface area (Å²) in [5, 5.41) is 14.7. The second kappa shape index (κ2) is 4.79. The summed E-state index contributed by atoms with van der Waals surface area (Å²) >= 11 is 0. The monoisotopic (exact) mass is 241 g/mol. The Hall–Kier alpha value is -1.26. The van der Waals surface area contributed by atoms with Crippen LogP contribution in [0.3, 0.4) is 0 Å². The van der Waals surface area contributed by atoms with Crippen LogP contribution < -0.4 is 5.32 Å². The molecular weight excluding hydrogens is 225 g/mol. The van der Waals surface area contributed by atoms with E-state index in [9.17, 15) is 5.11 Å². The first-order chi connectivity index (χ1) is 8.79. The lowest BCUT2D eigenvalue weighted by atomic mass is 9.96. The first-order valence-corrected chi connectivity index (χ1v) is 6.38. The first-order valence-electron chi connectivity index (χ1n) is 6.38. The number of furan rings is 1. The topological polar surface area (TPSA) is 45.4 Å². The van der Waals surface area contributed by atoms with Gasteiger partial charge in [-0.15, -0.1) is 0 Å². The van der Waals surface area contributed by atoms with Crippen LogP contribution in [0.25, 0.3) is 11.0 Å². The molecule has 1 aromatic carbocycles. The van der Waals surface area contributed by atoms with E-state index in [-0.39, 0.29) is 6.04 Å². The van der Waals surface area contributed by atoms with Gasteiger partial charge in [0.25, 0.3) is 0 Å². The van der Waals surface area contributed by atoms with Gasteiger partial charge in [0.15, 0.2) is 0 Å². The fraction of sp³-hybridized carbons (Fsp3) is 0.429. The van der Waals surface area contributed by atoms with E-state index in [1.807, 2.05) is 24.3 Å². The number of nitrogens with one attached hydrogen (secondary N) is 1. The molecule has 0 amide bonds. The SMILES string of the molecule is [B]CNC(C1CC1)C(O)c1ccc2ccoc2c1. The zero-order valence-electron chi connectivity index (χ0n) is 10.2. The van der Waals surface area contributed by atoms with E-state index in [0.29, 0.717) is 12.4 Å². The van der Waals surface area contributed by atoms with Crippen LogP contribution in [0.4, 0.5) is 0 Å². The summed E-state index contributed by atoms with van der Waals surface area (Å²) in [7, 11) is 5.54. The minimum Gasteiger partial charge on any atom is -0.464 e. The number of benzene rings is 1. The molecule has 0 spiro atoms. The van der Waals surface area contributed by atoms with Crippen molar-refractivity contribution in [3.05, 3.63) is 36.1 Å². The van der Waals surface area contributed by atoms with Gasteiger partial charge in [-0.25, -0.2) is 0 Å². The zero-order valence-corrected chi connectivity index (χ0v) is 10.2. The molecule has 4 heteroatoms. The van der Waals surface area contributed by atoms with Gasteiger partial charge in [-0.1, -0.05) is 12.1 Å². The molecule has 18 heavy (non-hydrogen) atoms. The van der Waals surface area contributed by atoms with Crippen LogP contribution in [0.5, 0.6) is 0 Å². The summed E-state index contributed by atoms with van der Waals surface area (Å²) in [6, 6.07) is 7.80. The molecule has 2 unspecified atom stereocenters. The number of aliphatic hydroxyl groups is 1. The lowest BCUT2D eigenvalue weighted by Gasteiger charge is -2.24. The molecule has 0 saturated heterocycles. The van der Waals surface area contributed by atoms with E-state index in [4.69, 9.17) is 12.3 Å². The van der Waals surface area contributed by atoms with E-state index >= 15 is 0 Å². The Morgan fingerprint density at radius 2 is 2.22 bits per heavy atom. The van der Waals surface area contributed by atoms with Crippen LogP contribution in [0.1, 0.15) is 24.5 Å². The third-order valence-electron chi connectivity index (χ3n) is 3.65. The standard InChI is InChI=1S/C14H16BNO2/c15-8-16-13(10-2-3-10)14(17)11-4-1-9-5-6-18-12(9)7-11/h1,4-7,10,13-14,16-17H,2-3,8H2. The number of fused-ring (bicyclic) bond motifs is 1. The summed E-state index contributed by atoms with van der Waals surface area (Å²) < 4.78 is 5.37. The predicted octanol–water partition coefficient (Wildman–Crippen LogP) is 1.96. The fourth-order valence-corrected chi connectivity index (χ4v) is 2.49. The second-order valence-corrected chi connectivity index (χ2v) is 4.93. The maximum Gasteiger partial charge on any atom is 0.134 e. The molecule has 2 N–H and O–H groups in total. The van der Waals surface area contributed by atoms with Crippen LogP contribution in [0, 0.1) is 5.92 Å². The van der Waals surface area contributed by atoms with Crippen LogP contribution >= 0.6 is 0 Å². The number of rotatable bonds is 5. The van der Waals surface area contributed by atoms with Crippen molar-refractivity contribution in [1.29, 1.82) is 0 Å². The summed E-state index contributed by atoms with van der Waals surface area (Å²) in [5.41, 5.74) is 1.70. The van der Waals surface area contributed by atoms with Gasteiger partial charge in [0.1, 0.15) is 5.58 Å². The molecule has 1 aromatic heterocycles. The summed E-state index contributed by atoms with van der Waals surface area (Å²) in [5.74, 6) is 0.538. The first kappa shape index (κ1) is 11.8. The van der Waals surface area contributed by atoms with Gasteiger partial charge < -0.3 is 14.8 Å². The lowest BCUT2D eigenvalue weighted by molar-refractivity contribution is 0.120. The number of aliphatic hydroxyl groups excluding tert-OH is 1. The van der Waals surface area contributed by atoms with Gasteiger partial charge in [-0.3, -0.25) is 0 Å². The normalized spacial score (nSPS) is 18.9. The third kappa shape index (κ3) is 2.18. The molecular formula is C14H16BNO2. The van der Waals surface area contributed by atoms with E-state index in [0.717, 1.165) is 29.4 Å². The van der Waals surface area contributed by atoms with E-state index in [1.54, 1.807) is 6.26 Å². The Morgan fingerprint density at radius 1 is 1.39 bits per heavy atom. The Morgan fingerprint density at radius 3 is 2.94 bits per heavy atom. The Labute approximate surface area is 108 Å². The minimum absolute atomic E-state index is 0.0439. The van der Waals surface area contributed by atoms with Crippen molar-refractivity contribution in [3.63, 3.8) is 0 Å². The fourth-order valence-electron chi connectivity index (χ4n) is 2.49. The molecule has 1 saturated carbocycles. The van der Waals surface area contributed by atoms with Gasteiger partial charge >= 0.3 is 0 Å².